The maximum absolute atomic E-state index is 5.94. The van der Waals surface area contributed by atoms with E-state index in [-0.39, 0.29) is 0 Å². The van der Waals surface area contributed by atoms with Crippen LogP contribution in [0.2, 0.25) is 4.34 Å². The van der Waals surface area contributed by atoms with Crippen molar-refractivity contribution in [2.75, 3.05) is 5.32 Å². The Hall–Kier alpha value is -1.59. The number of nitrogens with zero attached hydrogens (tertiary/aromatic N) is 3. The van der Waals surface area contributed by atoms with Crippen molar-refractivity contribution in [1.82, 2.24) is 14.6 Å². The van der Waals surface area contributed by atoms with E-state index in [0.29, 0.717) is 12.5 Å². The van der Waals surface area contributed by atoms with Gasteiger partial charge in [0.05, 0.1) is 16.6 Å². The Labute approximate surface area is 126 Å². The van der Waals surface area contributed by atoms with Crippen LogP contribution in [0, 0.1) is 0 Å². The van der Waals surface area contributed by atoms with Gasteiger partial charge in [-0.05, 0) is 24.1 Å². The maximum atomic E-state index is 5.94. The minimum absolute atomic E-state index is 0.402. The molecule has 0 aliphatic carbocycles. The molecular weight excluding hydrogens is 292 g/mol. The van der Waals surface area contributed by atoms with E-state index in [4.69, 9.17) is 11.6 Å². The van der Waals surface area contributed by atoms with Crippen LogP contribution in [0.25, 0.3) is 5.52 Å². The first-order valence-corrected chi connectivity index (χ1v) is 7.65. The number of rotatable bonds is 4. The summed E-state index contributed by atoms with van der Waals surface area (Å²) in [6, 6.07) is 6.02. The molecule has 0 aromatic carbocycles. The van der Waals surface area contributed by atoms with Crippen molar-refractivity contribution in [2.24, 2.45) is 0 Å². The second-order valence-corrected chi connectivity index (χ2v) is 6.69. The van der Waals surface area contributed by atoms with Gasteiger partial charge >= 0.3 is 0 Å². The molecule has 6 heteroatoms. The summed E-state index contributed by atoms with van der Waals surface area (Å²) in [6.07, 6.45) is 3.63. The number of hydrogen-bond acceptors (Lipinski definition) is 4. The zero-order chi connectivity index (χ0) is 14.1. The van der Waals surface area contributed by atoms with Crippen molar-refractivity contribution in [1.29, 1.82) is 0 Å². The van der Waals surface area contributed by atoms with Gasteiger partial charge in [0, 0.05) is 17.3 Å². The van der Waals surface area contributed by atoms with Gasteiger partial charge in [-0.15, -0.1) is 11.3 Å². The van der Waals surface area contributed by atoms with E-state index in [2.05, 4.69) is 35.3 Å². The SMILES string of the molecule is CC(C)c1cc2c(NCc3ccc(Cl)s3)nccn2n1. The summed E-state index contributed by atoms with van der Waals surface area (Å²) in [5.41, 5.74) is 2.07. The van der Waals surface area contributed by atoms with Gasteiger partial charge in [0.1, 0.15) is 5.52 Å². The lowest BCUT2D eigenvalue weighted by Gasteiger charge is -2.04. The van der Waals surface area contributed by atoms with Gasteiger partial charge in [-0.25, -0.2) is 9.50 Å². The summed E-state index contributed by atoms with van der Waals surface area (Å²) in [7, 11) is 0. The molecule has 104 valence electrons. The van der Waals surface area contributed by atoms with E-state index in [1.165, 1.54) is 4.88 Å². The quantitative estimate of drug-likeness (QED) is 0.786. The third-order valence-electron chi connectivity index (χ3n) is 3.06. The fourth-order valence-electron chi connectivity index (χ4n) is 1.98. The molecule has 0 aliphatic heterocycles. The van der Waals surface area contributed by atoms with Crippen LogP contribution in [0.5, 0.6) is 0 Å². The highest BCUT2D eigenvalue weighted by Gasteiger charge is 2.09. The van der Waals surface area contributed by atoms with E-state index in [0.717, 1.165) is 21.4 Å². The van der Waals surface area contributed by atoms with Crippen LogP contribution < -0.4 is 5.32 Å². The van der Waals surface area contributed by atoms with Gasteiger partial charge in [0.2, 0.25) is 0 Å². The fraction of sp³-hybridized carbons (Fsp3) is 0.286. The van der Waals surface area contributed by atoms with Crippen LogP contribution in [0.1, 0.15) is 30.3 Å². The molecule has 0 amide bonds. The monoisotopic (exact) mass is 306 g/mol. The smallest absolute Gasteiger partial charge is 0.152 e. The van der Waals surface area contributed by atoms with E-state index < -0.39 is 0 Å². The van der Waals surface area contributed by atoms with E-state index in [1.54, 1.807) is 17.5 Å². The molecule has 4 nitrogen and oxygen atoms in total. The number of aromatic nitrogens is 3. The molecule has 0 saturated heterocycles. The number of hydrogen-bond donors (Lipinski definition) is 1. The predicted molar refractivity (Wildman–Crippen MR) is 83.7 cm³/mol. The number of anilines is 1. The van der Waals surface area contributed by atoms with Crippen molar-refractivity contribution >= 4 is 34.3 Å². The first-order chi connectivity index (χ1) is 9.63. The average molecular weight is 307 g/mol. The molecule has 1 N–H and O–H groups in total. The second kappa shape index (κ2) is 5.42. The summed E-state index contributed by atoms with van der Waals surface area (Å²) in [4.78, 5) is 5.58. The van der Waals surface area contributed by atoms with E-state index in [9.17, 15) is 0 Å². The first-order valence-electron chi connectivity index (χ1n) is 6.46. The minimum Gasteiger partial charge on any atom is -0.363 e. The summed E-state index contributed by atoms with van der Waals surface area (Å²) in [5, 5.41) is 7.90. The molecule has 0 fully saturated rings. The standard InChI is InChI=1S/C14H15ClN4S/c1-9(2)11-7-12-14(16-5-6-19(12)18-11)17-8-10-3-4-13(15)20-10/h3-7,9H,8H2,1-2H3,(H,16,17). The third kappa shape index (κ3) is 2.64. The number of thiophene rings is 1. The minimum atomic E-state index is 0.402. The maximum Gasteiger partial charge on any atom is 0.152 e. The molecule has 3 heterocycles. The van der Waals surface area contributed by atoms with Crippen LogP contribution in [0.3, 0.4) is 0 Å². The number of fused-ring (bicyclic) bond motifs is 1. The summed E-state index contributed by atoms with van der Waals surface area (Å²) >= 11 is 7.51. The topological polar surface area (TPSA) is 42.2 Å². The zero-order valence-electron chi connectivity index (χ0n) is 11.3. The summed E-state index contributed by atoms with van der Waals surface area (Å²) in [6.45, 7) is 4.98. The molecule has 3 aromatic rings. The van der Waals surface area contributed by atoms with Crippen molar-refractivity contribution in [3.8, 4) is 0 Å². The highest BCUT2D eigenvalue weighted by molar-refractivity contribution is 7.16. The van der Waals surface area contributed by atoms with Crippen LogP contribution in [-0.2, 0) is 6.54 Å². The van der Waals surface area contributed by atoms with E-state index >= 15 is 0 Å². The van der Waals surface area contributed by atoms with Gasteiger partial charge in [-0.2, -0.15) is 5.10 Å². The highest BCUT2D eigenvalue weighted by atomic mass is 35.5. The summed E-state index contributed by atoms with van der Waals surface area (Å²) < 4.78 is 2.67. The highest BCUT2D eigenvalue weighted by Crippen LogP contribution is 2.24. The molecule has 3 aromatic heterocycles. The predicted octanol–water partition coefficient (Wildman–Crippen LogP) is 4.18. The zero-order valence-corrected chi connectivity index (χ0v) is 12.9. The number of halogens is 1. The molecule has 0 atom stereocenters. The lowest BCUT2D eigenvalue weighted by Crippen LogP contribution is -2.02. The van der Waals surface area contributed by atoms with Crippen molar-refractivity contribution in [3.05, 3.63) is 45.5 Å². The Morgan fingerprint density at radius 3 is 2.95 bits per heavy atom. The Balaban J connectivity index is 1.87. The lowest BCUT2D eigenvalue weighted by atomic mass is 10.1. The molecule has 3 rings (SSSR count). The van der Waals surface area contributed by atoms with Crippen LogP contribution in [0.4, 0.5) is 5.82 Å². The Bertz CT molecular complexity index is 732. The average Bonchev–Trinajstić information content (AvgIpc) is 3.02. The molecule has 20 heavy (non-hydrogen) atoms. The molecule has 0 aliphatic rings. The molecule has 0 bridgehead atoms. The third-order valence-corrected chi connectivity index (χ3v) is 4.29. The summed E-state index contributed by atoms with van der Waals surface area (Å²) in [5.74, 6) is 1.25. The van der Waals surface area contributed by atoms with Crippen LogP contribution in [-0.4, -0.2) is 14.6 Å². The Morgan fingerprint density at radius 2 is 2.25 bits per heavy atom. The Kier molecular flexibility index (Phi) is 3.63. The molecule has 0 spiro atoms. The molecule has 0 unspecified atom stereocenters. The number of nitrogens with one attached hydrogen (secondary N) is 1. The van der Waals surface area contributed by atoms with Gasteiger partial charge in [0.25, 0.3) is 0 Å². The van der Waals surface area contributed by atoms with Crippen molar-refractivity contribution in [3.63, 3.8) is 0 Å². The van der Waals surface area contributed by atoms with Crippen LogP contribution in [0.15, 0.2) is 30.6 Å². The normalized spacial score (nSPS) is 11.4. The lowest BCUT2D eigenvalue weighted by molar-refractivity contribution is 0.787. The van der Waals surface area contributed by atoms with E-state index in [1.807, 2.05) is 22.8 Å². The molecule has 0 saturated carbocycles. The van der Waals surface area contributed by atoms with Gasteiger partial charge < -0.3 is 5.32 Å². The van der Waals surface area contributed by atoms with Crippen LogP contribution >= 0.6 is 22.9 Å². The second-order valence-electron chi connectivity index (χ2n) is 4.89. The first kappa shape index (κ1) is 13.4. The Morgan fingerprint density at radius 1 is 1.40 bits per heavy atom. The van der Waals surface area contributed by atoms with Crippen molar-refractivity contribution < 1.29 is 0 Å². The molecule has 0 radical (unpaired) electrons. The van der Waals surface area contributed by atoms with Gasteiger partial charge in [-0.3, -0.25) is 0 Å². The van der Waals surface area contributed by atoms with Gasteiger partial charge in [0.15, 0.2) is 5.82 Å². The largest absolute Gasteiger partial charge is 0.363 e. The van der Waals surface area contributed by atoms with Gasteiger partial charge in [-0.1, -0.05) is 25.4 Å². The molecular formula is C14H15ClN4S. The van der Waals surface area contributed by atoms with Crippen molar-refractivity contribution in [2.45, 2.75) is 26.3 Å². The fourth-order valence-corrected chi connectivity index (χ4v) is 3.00.